The van der Waals surface area contributed by atoms with Crippen LogP contribution in [0.15, 0.2) is 6.07 Å². The summed E-state index contributed by atoms with van der Waals surface area (Å²) >= 11 is 0. The van der Waals surface area contributed by atoms with Gasteiger partial charge in [0.05, 0.1) is 6.54 Å². The summed E-state index contributed by atoms with van der Waals surface area (Å²) < 4.78 is 87.1. The Bertz CT molecular complexity index is 489. The molecule has 0 atom stereocenters. The highest BCUT2D eigenvalue weighted by molar-refractivity contribution is 5.80. The van der Waals surface area contributed by atoms with Gasteiger partial charge in [0.15, 0.2) is 23.3 Å². The zero-order chi connectivity index (χ0) is 15.5. The third-order valence-corrected chi connectivity index (χ3v) is 2.02. The Morgan fingerprint density at radius 3 is 2.00 bits per heavy atom. The quantitative estimate of drug-likeness (QED) is 0.662. The zero-order valence-electron chi connectivity index (χ0n) is 9.55. The van der Waals surface area contributed by atoms with Crippen LogP contribution >= 0.6 is 0 Å². The van der Waals surface area contributed by atoms with Gasteiger partial charge in [0.25, 0.3) is 0 Å². The van der Waals surface area contributed by atoms with Crippen molar-refractivity contribution in [3.63, 3.8) is 0 Å². The van der Waals surface area contributed by atoms with Crippen molar-refractivity contribution in [3.05, 3.63) is 29.3 Å². The van der Waals surface area contributed by atoms with Crippen molar-refractivity contribution in [2.75, 3.05) is 18.4 Å². The molecule has 0 radical (unpaired) electrons. The molecule has 0 saturated heterocycles. The van der Waals surface area contributed by atoms with Crippen LogP contribution < -0.4 is 10.6 Å². The van der Waals surface area contributed by atoms with Gasteiger partial charge in [-0.15, -0.1) is 0 Å². The summed E-state index contributed by atoms with van der Waals surface area (Å²) in [5, 5.41) is 3.09. The Labute approximate surface area is 107 Å². The first-order chi connectivity index (χ1) is 9.11. The fraction of sp³-hybridized carbons (Fsp3) is 0.300. The molecule has 0 unspecified atom stereocenters. The first-order valence-corrected chi connectivity index (χ1v) is 5.02. The zero-order valence-corrected chi connectivity index (χ0v) is 9.55. The minimum Gasteiger partial charge on any atom is -0.371 e. The van der Waals surface area contributed by atoms with Gasteiger partial charge in [-0.2, -0.15) is 13.2 Å². The van der Waals surface area contributed by atoms with Crippen molar-refractivity contribution in [2.24, 2.45) is 0 Å². The highest BCUT2D eigenvalue weighted by atomic mass is 19.4. The van der Waals surface area contributed by atoms with E-state index >= 15 is 0 Å². The molecular formula is C10H7F7N2O. The average Bonchev–Trinajstić information content (AvgIpc) is 2.33. The summed E-state index contributed by atoms with van der Waals surface area (Å²) in [6.45, 7) is -2.64. The first kappa shape index (κ1) is 16.1. The number of benzene rings is 1. The minimum atomic E-state index is -4.66. The monoisotopic (exact) mass is 304 g/mol. The fourth-order valence-electron chi connectivity index (χ4n) is 1.16. The fourth-order valence-corrected chi connectivity index (χ4v) is 1.16. The molecule has 0 fully saturated rings. The van der Waals surface area contributed by atoms with E-state index in [1.807, 2.05) is 0 Å². The molecule has 1 amide bonds. The second kappa shape index (κ2) is 5.97. The molecule has 3 nitrogen and oxygen atoms in total. The molecule has 1 aromatic carbocycles. The molecule has 2 N–H and O–H groups in total. The van der Waals surface area contributed by atoms with Crippen LogP contribution in [0.2, 0.25) is 0 Å². The van der Waals surface area contributed by atoms with Crippen LogP contribution in [0.25, 0.3) is 0 Å². The first-order valence-electron chi connectivity index (χ1n) is 5.02. The summed E-state index contributed by atoms with van der Waals surface area (Å²) in [6.07, 6.45) is -4.66. The topological polar surface area (TPSA) is 41.1 Å². The number of halogens is 7. The van der Waals surface area contributed by atoms with Gasteiger partial charge in [-0.05, 0) is 0 Å². The maximum absolute atomic E-state index is 13.1. The molecule has 0 spiro atoms. The predicted molar refractivity (Wildman–Crippen MR) is 53.8 cm³/mol. The van der Waals surface area contributed by atoms with Crippen molar-refractivity contribution < 1.29 is 35.5 Å². The van der Waals surface area contributed by atoms with Crippen LogP contribution in [0.4, 0.5) is 36.4 Å². The number of hydrogen-bond acceptors (Lipinski definition) is 2. The van der Waals surface area contributed by atoms with Gasteiger partial charge in [0, 0.05) is 6.07 Å². The third kappa shape index (κ3) is 4.28. The Hall–Kier alpha value is -2.00. The van der Waals surface area contributed by atoms with Gasteiger partial charge in [-0.1, -0.05) is 0 Å². The number of carbonyl (C=O) groups is 1. The van der Waals surface area contributed by atoms with Crippen LogP contribution in [0.5, 0.6) is 0 Å². The predicted octanol–water partition coefficient (Wildman–Crippen LogP) is 2.33. The number of carbonyl (C=O) groups excluding carboxylic acids is 1. The van der Waals surface area contributed by atoms with Crippen LogP contribution in [0.3, 0.4) is 0 Å². The lowest BCUT2D eigenvalue weighted by Crippen LogP contribution is -2.37. The molecule has 0 aromatic heterocycles. The average molecular weight is 304 g/mol. The number of anilines is 1. The van der Waals surface area contributed by atoms with E-state index in [0.29, 0.717) is 0 Å². The van der Waals surface area contributed by atoms with E-state index in [4.69, 9.17) is 0 Å². The lowest BCUT2D eigenvalue weighted by Gasteiger charge is -2.11. The molecule has 20 heavy (non-hydrogen) atoms. The van der Waals surface area contributed by atoms with E-state index in [2.05, 4.69) is 0 Å². The van der Waals surface area contributed by atoms with Crippen LogP contribution in [0, 0.1) is 23.3 Å². The van der Waals surface area contributed by atoms with Gasteiger partial charge < -0.3 is 10.6 Å². The van der Waals surface area contributed by atoms with Gasteiger partial charge in [-0.3, -0.25) is 4.79 Å². The smallest absolute Gasteiger partial charge is 0.371 e. The molecule has 1 aromatic rings. The summed E-state index contributed by atoms with van der Waals surface area (Å²) in [6, 6.07) is -0.0421. The van der Waals surface area contributed by atoms with E-state index < -0.39 is 54.1 Å². The lowest BCUT2D eigenvalue weighted by atomic mass is 10.2. The summed E-state index contributed by atoms with van der Waals surface area (Å²) in [5.74, 6) is -8.24. The molecule has 0 saturated carbocycles. The number of nitrogens with one attached hydrogen (secondary N) is 2. The Balaban J connectivity index is 2.69. The van der Waals surface area contributed by atoms with Gasteiger partial charge in [-0.25, -0.2) is 17.6 Å². The number of hydrogen-bond donors (Lipinski definition) is 2. The highest BCUT2D eigenvalue weighted by Gasteiger charge is 2.27. The van der Waals surface area contributed by atoms with Crippen LogP contribution in [-0.4, -0.2) is 25.2 Å². The second-order valence-corrected chi connectivity index (χ2v) is 3.59. The third-order valence-electron chi connectivity index (χ3n) is 2.02. The molecule has 112 valence electrons. The standard InChI is InChI=1S/C10H7F7N2O/c11-4-1-5(12)8(14)9(7(4)13)18-2-6(20)19-3-10(15,16)17/h1,18H,2-3H2,(H,19,20). The molecule has 0 bridgehead atoms. The Morgan fingerprint density at radius 1 is 1.05 bits per heavy atom. The van der Waals surface area contributed by atoms with Crippen molar-refractivity contribution in [1.29, 1.82) is 0 Å². The van der Waals surface area contributed by atoms with Crippen LogP contribution in [-0.2, 0) is 4.79 Å². The van der Waals surface area contributed by atoms with Crippen molar-refractivity contribution in [2.45, 2.75) is 6.18 Å². The van der Waals surface area contributed by atoms with E-state index in [1.54, 1.807) is 5.32 Å². The van der Waals surface area contributed by atoms with Crippen molar-refractivity contribution in [3.8, 4) is 0 Å². The normalized spacial score (nSPS) is 11.3. The van der Waals surface area contributed by atoms with Gasteiger partial charge in [0.1, 0.15) is 12.2 Å². The largest absolute Gasteiger partial charge is 0.405 e. The molecule has 10 heteroatoms. The number of amides is 1. The Kier molecular flexibility index (Phi) is 4.79. The van der Waals surface area contributed by atoms with Crippen molar-refractivity contribution in [1.82, 2.24) is 5.32 Å². The summed E-state index contributed by atoms with van der Waals surface area (Å²) in [5.41, 5.74) is -1.27. The van der Waals surface area contributed by atoms with Crippen molar-refractivity contribution >= 4 is 11.6 Å². The molecular weight excluding hydrogens is 297 g/mol. The van der Waals surface area contributed by atoms with E-state index in [-0.39, 0.29) is 6.07 Å². The van der Waals surface area contributed by atoms with Gasteiger partial charge in [0.2, 0.25) is 5.91 Å². The van der Waals surface area contributed by atoms with Gasteiger partial charge >= 0.3 is 6.18 Å². The Morgan fingerprint density at radius 2 is 1.55 bits per heavy atom. The molecule has 0 heterocycles. The highest BCUT2D eigenvalue weighted by Crippen LogP contribution is 2.23. The molecule has 0 aliphatic rings. The second-order valence-electron chi connectivity index (χ2n) is 3.59. The summed E-state index contributed by atoms with van der Waals surface area (Å²) in [7, 11) is 0. The SMILES string of the molecule is O=C(CNc1c(F)c(F)cc(F)c1F)NCC(F)(F)F. The van der Waals surface area contributed by atoms with E-state index in [9.17, 15) is 35.5 Å². The minimum absolute atomic E-state index is 0.0421. The van der Waals surface area contributed by atoms with E-state index in [1.165, 1.54) is 5.32 Å². The molecule has 1 rings (SSSR count). The van der Waals surface area contributed by atoms with Crippen LogP contribution in [0.1, 0.15) is 0 Å². The molecule has 0 aliphatic carbocycles. The van der Waals surface area contributed by atoms with E-state index in [0.717, 1.165) is 0 Å². The maximum Gasteiger partial charge on any atom is 0.405 e. The maximum atomic E-state index is 13.1. The number of alkyl halides is 3. The molecule has 0 aliphatic heterocycles. The summed E-state index contributed by atoms with van der Waals surface area (Å²) in [4.78, 5) is 10.9. The number of rotatable bonds is 4. The lowest BCUT2D eigenvalue weighted by molar-refractivity contribution is -0.137.